The predicted octanol–water partition coefficient (Wildman–Crippen LogP) is 2.77. The van der Waals surface area contributed by atoms with Gasteiger partial charge in [0.05, 0.1) is 0 Å². The van der Waals surface area contributed by atoms with Gasteiger partial charge in [-0.1, -0.05) is 6.92 Å². The Hall–Kier alpha value is -0.810. The lowest BCUT2D eigenvalue weighted by Crippen LogP contribution is -2.24. The van der Waals surface area contributed by atoms with Gasteiger partial charge in [-0.2, -0.15) is 0 Å². The number of benzene rings is 1. The molecule has 102 valence electrons. The normalized spacial score (nSPS) is 16.3. The van der Waals surface area contributed by atoms with Crippen molar-refractivity contribution in [1.29, 1.82) is 0 Å². The molecule has 3 unspecified atom stereocenters. The summed E-state index contributed by atoms with van der Waals surface area (Å²) in [4.78, 5) is 0. The van der Waals surface area contributed by atoms with Crippen LogP contribution in [0.5, 0.6) is 0 Å². The van der Waals surface area contributed by atoms with Crippen molar-refractivity contribution in [2.24, 2.45) is 0 Å². The van der Waals surface area contributed by atoms with E-state index in [0.29, 0.717) is 12.1 Å². The smallest absolute Gasteiger partial charge is 0.128 e. The third kappa shape index (κ3) is 4.46. The van der Waals surface area contributed by atoms with Gasteiger partial charge in [-0.15, -0.1) is 0 Å². The van der Waals surface area contributed by atoms with E-state index in [0.717, 1.165) is 18.6 Å². The highest BCUT2D eigenvalue weighted by Crippen LogP contribution is 2.17. The van der Waals surface area contributed by atoms with Crippen LogP contribution >= 0.6 is 0 Å². The standard InChI is InChI=1S/C13H19F2NOS/c1-9(18(3)17)6-7-16-10(2)12-8-11(14)4-5-13(12)15/h4-5,8-10,16H,6-7H2,1-3H3. The van der Waals surface area contributed by atoms with Gasteiger partial charge in [-0.3, -0.25) is 4.21 Å². The van der Waals surface area contributed by atoms with E-state index >= 15 is 0 Å². The van der Waals surface area contributed by atoms with Crippen molar-refractivity contribution in [3.05, 3.63) is 35.4 Å². The monoisotopic (exact) mass is 275 g/mol. The molecule has 0 aromatic heterocycles. The van der Waals surface area contributed by atoms with Gasteiger partial charge in [0.1, 0.15) is 11.6 Å². The van der Waals surface area contributed by atoms with Crippen molar-refractivity contribution in [2.45, 2.75) is 31.6 Å². The summed E-state index contributed by atoms with van der Waals surface area (Å²) < 4.78 is 37.7. The van der Waals surface area contributed by atoms with E-state index in [4.69, 9.17) is 0 Å². The van der Waals surface area contributed by atoms with Crippen molar-refractivity contribution in [2.75, 3.05) is 12.8 Å². The quantitative estimate of drug-likeness (QED) is 0.865. The van der Waals surface area contributed by atoms with Crippen LogP contribution in [0.1, 0.15) is 31.9 Å². The summed E-state index contributed by atoms with van der Waals surface area (Å²) in [6, 6.07) is 3.17. The number of nitrogens with one attached hydrogen (secondary N) is 1. The number of rotatable bonds is 6. The second kappa shape index (κ2) is 6.95. The summed E-state index contributed by atoms with van der Waals surface area (Å²) in [5.41, 5.74) is 0.320. The zero-order valence-corrected chi connectivity index (χ0v) is 11.7. The summed E-state index contributed by atoms with van der Waals surface area (Å²) in [6.45, 7) is 4.31. The Balaban J connectivity index is 2.52. The topological polar surface area (TPSA) is 29.1 Å². The molecule has 0 bridgehead atoms. The Bertz CT molecular complexity index is 425. The van der Waals surface area contributed by atoms with E-state index in [-0.39, 0.29) is 11.3 Å². The molecule has 2 nitrogen and oxygen atoms in total. The molecule has 1 aromatic carbocycles. The summed E-state index contributed by atoms with van der Waals surface area (Å²) in [7, 11) is -0.852. The highest BCUT2D eigenvalue weighted by molar-refractivity contribution is 7.84. The van der Waals surface area contributed by atoms with Crippen molar-refractivity contribution < 1.29 is 13.0 Å². The average molecular weight is 275 g/mol. The van der Waals surface area contributed by atoms with Crippen LogP contribution in [0.4, 0.5) is 8.78 Å². The Kier molecular flexibility index (Phi) is 5.88. The minimum atomic E-state index is -0.852. The summed E-state index contributed by atoms with van der Waals surface area (Å²) in [6.07, 6.45) is 2.41. The van der Waals surface area contributed by atoms with Gasteiger partial charge in [-0.05, 0) is 38.1 Å². The van der Waals surface area contributed by atoms with Crippen molar-refractivity contribution in [1.82, 2.24) is 5.32 Å². The lowest BCUT2D eigenvalue weighted by Gasteiger charge is -2.16. The maximum Gasteiger partial charge on any atom is 0.128 e. The van der Waals surface area contributed by atoms with Gasteiger partial charge >= 0.3 is 0 Å². The van der Waals surface area contributed by atoms with Crippen LogP contribution in [0.15, 0.2) is 18.2 Å². The van der Waals surface area contributed by atoms with Crippen molar-refractivity contribution in [3.8, 4) is 0 Å². The zero-order valence-electron chi connectivity index (χ0n) is 10.9. The molecule has 18 heavy (non-hydrogen) atoms. The van der Waals surface area contributed by atoms with Gasteiger partial charge in [0.2, 0.25) is 0 Å². The third-order valence-corrected chi connectivity index (χ3v) is 4.36. The molecule has 0 spiro atoms. The van der Waals surface area contributed by atoms with Crippen LogP contribution in [0.25, 0.3) is 0 Å². The second-order valence-corrected chi connectivity index (χ2v) is 6.24. The lowest BCUT2D eigenvalue weighted by molar-refractivity contribution is 0.511. The number of halogens is 2. The Morgan fingerprint density at radius 3 is 2.61 bits per heavy atom. The van der Waals surface area contributed by atoms with E-state index in [1.54, 1.807) is 13.2 Å². The first-order valence-corrected chi connectivity index (χ1v) is 7.54. The van der Waals surface area contributed by atoms with Crippen LogP contribution in [-0.2, 0) is 10.8 Å². The molecule has 5 heteroatoms. The molecule has 0 saturated carbocycles. The summed E-state index contributed by atoms with van der Waals surface area (Å²) in [5, 5.41) is 3.21. The lowest BCUT2D eigenvalue weighted by atomic mass is 10.1. The highest BCUT2D eigenvalue weighted by atomic mass is 32.2. The summed E-state index contributed by atoms with van der Waals surface area (Å²) >= 11 is 0. The molecule has 0 saturated heterocycles. The molecule has 1 rings (SSSR count). The predicted molar refractivity (Wildman–Crippen MR) is 70.9 cm³/mol. The first kappa shape index (κ1) is 15.2. The molecular formula is C13H19F2NOS. The average Bonchev–Trinajstić information content (AvgIpc) is 2.31. The Labute approximate surface area is 109 Å². The Morgan fingerprint density at radius 1 is 1.33 bits per heavy atom. The first-order valence-electron chi connectivity index (χ1n) is 5.92. The molecule has 0 heterocycles. The van der Waals surface area contributed by atoms with E-state index in [1.165, 1.54) is 6.07 Å². The molecule has 0 fully saturated rings. The molecule has 1 aromatic rings. The SMILES string of the molecule is CC(NCCC(C)S(C)=O)c1cc(F)ccc1F. The van der Waals surface area contributed by atoms with Gasteiger partial charge in [0.25, 0.3) is 0 Å². The highest BCUT2D eigenvalue weighted by Gasteiger charge is 2.12. The minimum absolute atomic E-state index is 0.0991. The van der Waals surface area contributed by atoms with Crippen LogP contribution in [0.2, 0.25) is 0 Å². The van der Waals surface area contributed by atoms with E-state index < -0.39 is 22.4 Å². The first-order chi connectivity index (χ1) is 8.41. The molecule has 1 N–H and O–H groups in total. The Morgan fingerprint density at radius 2 is 2.00 bits per heavy atom. The molecule has 3 atom stereocenters. The third-order valence-electron chi connectivity index (χ3n) is 2.99. The van der Waals surface area contributed by atoms with Gasteiger partial charge < -0.3 is 5.32 Å². The largest absolute Gasteiger partial charge is 0.310 e. The van der Waals surface area contributed by atoms with Gasteiger partial charge in [0.15, 0.2) is 0 Å². The molecule has 0 amide bonds. The van der Waals surface area contributed by atoms with Crippen molar-refractivity contribution in [3.63, 3.8) is 0 Å². The second-order valence-electron chi connectivity index (χ2n) is 4.44. The fraction of sp³-hybridized carbons (Fsp3) is 0.538. The molecule has 0 aliphatic heterocycles. The van der Waals surface area contributed by atoms with Gasteiger partial charge in [-0.25, -0.2) is 8.78 Å². The van der Waals surface area contributed by atoms with Crippen LogP contribution in [0.3, 0.4) is 0 Å². The van der Waals surface area contributed by atoms with Gasteiger partial charge in [0, 0.05) is 33.9 Å². The van der Waals surface area contributed by atoms with E-state index in [1.807, 2.05) is 6.92 Å². The molecule has 0 aliphatic rings. The number of hydrogen-bond donors (Lipinski definition) is 1. The van der Waals surface area contributed by atoms with Crippen LogP contribution in [-0.4, -0.2) is 22.3 Å². The molecule has 0 aliphatic carbocycles. The van der Waals surface area contributed by atoms with Crippen LogP contribution in [0, 0.1) is 11.6 Å². The maximum atomic E-state index is 13.5. The zero-order chi connectivity index (χ0) is 13.7. The van der Waals surface area contributed by atoms with E-state index in [2.05, 4.69) is 5.32 Å². The molecular weight excluding hydrogens is 256 g/mol. The molecule has 0 radical (unpaired) electrons. The fourth-order valence-electron chi connectivity index (χ4n) is 1.63. The maximum absolute atomic E-state index is 13.5. The summed E-state index contributed by atoms with van der Waals surface area (Å²) in [5.74, 6) is -0.855. The van der Waals surface area contributed by atoms with Crippen LogP contribution < -0.4 is 5.32 Å². The van der Waals surface area contributed by atoms with E-state index in [9.17, 15) is 13.0 Å². The minimum Gasteiger partial charge on any atom is -0.310 e. The number of hydrogen-bond acceptors (Lipinski definition) is 2. The fourth-order valence-corrected chi connectivity index (χ4v) is 2.08. The van der Waals surface area contributed by atoms with Crippen molar-refractivity contribution >= 4 is 10.8 Å².